The molecule has 5 atom stereocenters. The monoisotopic (exact) mass is 410 g/mol. The first-order valence-electron chi connectivity index (χ1n) is 13.1. The zero-order valence-electron chi connectivity index (χ0n) is 19.5. The van der Waals surface area contributed by atoms with Crippen LogP contribution in [0.2, 0.25) is 0 Å². The van der Waals surface area contributed by atoms with Crippen LogP contribution in [0.25, 0.3) is 0 Å². The van der Waals surface area contributed by atoms with Crippen LogP contribution < -0.4 is 0 Å². The lowest BCUT2D eigenvalue weighted by atomic mass is 9.60. The Morgan fingerprint density at radius 2 is 1.73 bits per heavy atom. The van der Waals surface area contributed by atoms with Gasteiger partial charge < -0.3 is 0 Å². The fourth-order valence-corrected chi connectivity index (χ4v) is 7.09. The van der Waals surface area contributed by atoms with E-state index in [0.717, 1.165) is 66.4 Å². The van der Waals surface area contributed by atoms with Gasteiger partial charge in [0.1, 0.15) is 5.82 Å². The third-order valence-corrected chi connectivity index (χ3v) is 8.88. The van der Waals surface area contributed by atoms with Gasteiger partial charge in [0.15, 0.2) is 0 Å². The molecule has 3 aliphatic carbocycles. The minimum atomic E-state index is 0.115. The van der Waals surface area contributed by atoms with Gasteiger partial charge in [0.05, 0.1) is 0 Å². The van der Waals surface area contributed by atoms with Gasteiger partial charge in [-0.25, -0.2) is 4.39 Å². The SMILES string of the molecule is C/C=C/CCc1ccc2c(c1F)CCC(C1CCC3CC(CCCC)CCC3C1)C2. The predicted octanol–water partition coefficient (Wildman–Crippen LogP) is 8.46. The highest BCUT2D eigenvalue weighted by Crippen LogP contribution is 2.49. The molecule has 30 heavy (non-hydrogen) atoms. The molecule has 0 bridgehead atoms. The number of hydrogen-bond acceptors (Lipinski definition) is 0. The zero-order valence-corrected chi connectivity index (χ0v) is 19.5. The molecule has 0 aromatic heterocycles. The third kappa shape index (κ3) is 5.03. The number of aryl methyl sites for hydroxylation is 1. The Bertz CT molecular complexity index is 717. The first-order chi connectivity index (χ1) is 14.7. The van der Waals surface area contributed by atoms with E-state index in [0.29, 0.717) is 0 Å². The molecule has 0 radical (unpaired) electrons. The standard InChI is InChI=1S/C29H43F/c1-3-5-7-9-22-12-15-27-20-26(16-17-28(27)29(22)30)25-14-13-23-18-21(8-6-4-2)10-11-24(23)19-25/h3,5,12,15,21,23-26H,4,6-11,13-14,16-20H2,1-2H3/b5-3+. The van der Waals surface area contributed by atoms with Crippen molar-refractivity contribution in [3.8, 4) is 0 Å². The van der Waals surface area contributed by atoms with Gasteiger partial charge in [-0.3, -0.25) is 0 Å². The Kier molecular flexibility index (Phi) is 7.71. The minimum absolute atomic E-state index is 0.115. The van der Waals surface area contributed by atoms with Crippen LogP contribution in [-0.4, -0.2) is 0 Å². The Morgan fingerprint density at radius 3 is 2.53 bits per heavy atom. The normalized spacial score (nSPS) is 31.5. The fourth-order valence-electron chi connectivity index (χ4n) is 7.09. The van der Waals surface area contributed by atoms with E-state index >= 15 is 4.39 Å². The molecule has 0 spiro atoms. The molecule has 166 valence electrons. The average molecular weight is 411 g/mol. The summed E-state index contributed by atoms with van der Waals surface area (Å²) in [6, 6.07) is 4.34. The largest absolute Gasteiger partial charge is 0.206 e. The van der Waals surface area contributed by atoms with Crippen molar-refractivity contribution < 1.29 is 4.39 Å². The van der Waals surface area contributed by atoms with Gasteiger partial charge in [-0.2, -0.15) is 0 Å². The molecule has 0 N–H and O–H groups in total. The topological polar surface area (TPSA) is 0 Å². The Balaban J connectivity index is 1.34. The maximum absolute atomic E-state index is 15.1. The van der Waals surface area contributed by atoms with Crippen LogP contribution in [0, 0.1) is 35.4 Å². The summed E-state index contributed by atoms with van der Waals surface area (Å²) < 4.78 is 15.1. The van der Waals surface area contributed by atoms with Crippen molar-refractivity contribution in [3.05, 3.63) is 46.8 Å². The van der Waals surface area contributed by atoms with E-state index in [1.807, 2.05) is 6.92 Å². The first-order valence-corrected chi connectivity index (χ1v) is 13.1. The molecule has 1 heteroatoms. The van der Waals surface area contributed by atoms with Crippen molar-refractivity contribution in [1.29, 1.82) is 0 Å². The molecular formula is C29H43F. The molecule has 0 amide bonds. The average Bonchev–Trinajstić information content (AvgIpc) is 2.78. The summed E-state index contributed by atoms with van der Waals surface area (Å²) in [6.07, 6.45) is 22.4. The highest BCUT2D eigenvalue weighted by atomic mass is 19.1. The van der Waals surface area contributed by atoms with Crippen LogP contribution in [0.3, 0.4) is 0 Å². The Hall–Kier alpha value is -1.11. The van der Waals surface area contributed by atoms with Gasteiger partial charge in [0.2, 0.25) is 0 Å². The molecule has 0 heterocycles. The lowest BCUT2D eigenvalue weighted by Crippen LogP contribution is -2.35. The maximum atomic E-state index is 15.1. The Morgan fingerprint density at radius 1 is 0.967 bits per heavy atom. The van der Waals surface area contributed by atoms with Crippen LogP contribution in [0.4, 0.5) is 4.39 Å². The maximum Gasteiger partial charge on any atom is 0.129 e. The molecule has 5 unspecified atom stereocenters. The highest BCUT2D eigenvalue weighted by Gasteiger charge is 2.38. The van der Waals surface area contributed by atoms with Gasteiger partial charge in [0, 0.05) is 0 Å². The van der Waals surface area contributed by atoms with Gasteiger partial charge in [-0.15, -0.1) is 0 Å². The van der Waals surface area contributed by atoms with Crippen LogP contribution in [-0.2, 0) is 19.3 Å². The summed E-state index contributed by atoms with van der Waals surface area (Å²) in [5, 5.41) is 0. The summed E-state index contributed by atoms with van der Waals surface area (Å²) in [5.41, 5.74) is 3.30. The number of benzene rings is 1. The van der Waals surface area contributed by atoms with Crippen molar-refractivity contribution in [2.45, 2.75) is 104 Å². The van der Waals surface area contributed by atoms with E-state index in [9.17, 15) is 0 Å². The van der Waals surface area contributed by atoms with Crippen molar-refractivity contribution in [2.75, 3.05) is 0 Å². The summed E-state index contributed by atoms with van der Waals surface area (Å²) in [4.78, 5) is 0. The van der Waals surface area contributed by atoms with E-state index in [2.05, 4.69) is 31.2 Å². The van der Waals surface area contributed by atoms with E-state index < -0.39 is 0 Å². The van der Waals surface area contributed by atoms with Gasteiger partial charge in [-0.05, 0) is 117 Å². The third-order valence-electron chi connectivity index (χ3n) is 8.88. The predicted molar refractivity (Wildman–Crippen MR) is 126 cm³/mol. The van der Waals surface area contributed by atoms with Crippen molar-refractivity contribution in [3.63, 3.8) is 0 Å². The summed E-state index contributed by atoms with van der Waals surface area (Å²) >= 11 is 0. The molecule has 4 rings (SSSR count). The van der Waals surface area contributed by atoms with E-state index in [4.69, 9.17) is 0 Å². The van der Waals surface area contributed by atoms with Gasteiger partial charge >= 0.3 is 0 Å². The number of unbranched alkanes of at least 4 members (excludes halogenated alkanes) is 1. The number of fused-ring (bicyclic) bond motifs is 2. The highest BCUT2D eigenvalue weighted by molar-refractivity contribution is 5.36. The molecule has 0 saturated heterocycles. The second-order valence-corrected chi connectivity index (χ2v) is 10.7. The van der Waals surface area contributed by atoms with Crippen molar-refractivity contribution in [1.82, 2.24) is 0 Å². The summed E-state index contributed by atoms with van der Waals surface area (Å²) in [6.45, 7) is 4.37. The second-order valence-electron chi connectivity index (χ2n) is 10.7. The van der Waals surface area contributed by atoms with Gasteiger partial charge in [0.25, 0.3) is 0 Å². The smallest absolute Gasteiger partial charge is 0.129 e. The number of rotatable bonds is 7. The molecule has 2 saturated carbocycles. The Labute approximate surface area is 184 Å². The lowest BCUT2D eigenvalue weighted by molar-refractivity contribution is 0.0690. The second kappa shape index (κ2) is 10.5. The molecule has 1 aromatic rings. The summed E-state index contributed by atoms with van der Waals surface area (Å²) in [5.74, 6) is 4.84. The minimum Gasteiger partial charge on any atom is -0.206 e. The van der Waals surface area contributed by atoms with E-state index in [1.54, 1.807) is 0 Å². The first kappa shape index (κ1) is 22.1. The number of hydrogen-bond donors (Lipinski definition) is 0. The fraction of sp³-hybridized carbons (Fsp3) is 0.724. The van der Waals surface area contributed by atoms with Crippen molar-refractivity contribution >= 4 is 0 Å². The van der Waals surface area contributed by atoms with Crippen molar-refractivity contribution in [2.24, 2.45) is 29.6 Å². The van der Waals surface area contributed by atoms with E-state index in [-0.39, 0.29) is 5.82 Å². The van der Waals surface area contributed by atoms with Crippen LogP contribution in [0.5, 0.6) is 0 Å². The molecule has 2 fully saturated rings. The van der Waals surface area contributed by atoms with E-state index in [1.165, 1.54) is 69.8 Å². The lowest BCUT2D eigenvalue weighted by Gasteiger charge is -2.45. The molecule has 0 nitrogen and oxygen atoms in total. The van der Waals surface area contributed by atoms with Crippen LogP contribution in [0.1, 0.15) is 101 Å². The molecule has 0 aliphatic heterocycles. The van der Waals surface area contributed by atoms with Crippen LogP contribution in [0.15, 0.2) is 24.3 Å². The molecule has 1 aromatic carbocycles. The van der Waals surface area contributed by atoms with Crippen LogP contribution >= 0.6 is 0 Å². The molecule has 3 aliphatic rings. The zero-order chi connectivity index (χ0) is 20.9. The van der Waals surface area contributed by atoms with Gasteiger partial charge in [-0.1, -0.05) is 56.9 Å². The summed E-state index contributed by atoms with van der Waals surface area (Å²) in [7, 11) is 0. The quantitative estimate of drug-likeness (QED) is 0.395. The molecular weight excluding hydrogens is 367 g/mol. The number of allylic oxidation sites excluding steroid dienone is 2. The number of halogens is 1.